The van der Waals surface area contributed by atoms with Crippen LogP contribution in [0.1, 0.15) is 106 Å². The van der Waals surface area contributed by atoms with E-state index in [1.54, 1.807) is 25.1 Å². The molecule has 0 aromatic heterocycles. The number of hydrogen-bond donors (Lipinski definition) is 0. The summed E-state index contributed by atoms with van der Waals surface area (Å²) < 4.78 is 0. The SMILES string of the molecule is C.CC.CC.CC.CC.CC(=O)c1ccccc1.O=C(/C=C/c1ccccc1)c1ccccc1.O=Cc1ccccc1. The number of Topliss-reactive ketones (excluding diaryl/α,β-unsaturated/α-hetero) is 1. The van der Waals surface area contributed by atoms with E-state index in [-0.39, 0.29) is 19.0 Å². The molecule has 228 valence electrons. The number of hydrogen-bond acceptors (Lipinski definition) is 3. The van der Waals surface area contributed by atoms with E-state index >= 15 is 0 Å². The van der Waals surface area contributed by atoms with Gasteiger partial charge in [-0.05, 0) is 18.6 Å². The van der Waals surface area contributed by atoms with E-state index in [2.05, 4.69) is 0 Å². The van der Waals surface area contributed by atoms with Gasteiger partial charge in [0.2, 0.25) is 0 Å². The van der Waals surface area contributed by atoms with Crippen LogP contribution in [0.2, 0.25) is 0 Å². The van der Waals surface area contributed by atoms with E-state index < -0.39 is 0 Å². The van der Waals surface area contributed by atoms with Gasteiger partial charge in [-0.3, -0.25) is 14.4 Å². The summed E-state index contributed by atoms with van der Waals surface area (Å²) in [5, 5.41) is 0. The van der Waals surface area contributed by atoms with Crippen LogP contribution in [0.15, 0.2) is 127 Å². The van der Waals surface area contributed by atoms with Crippen molar-refractivity contribution < 1.29 is 14.4 Å². The highest BCUT2D eigenvalue weighted by atomic mass is 16.1. The predicted octanol–water partition coefficient (Wildman–Crippen LogP) is 11.7. The topological polar surface area (TPSA) is 51.2 Å². The molecule has 0 aliphatic heterocycles. The molecule has 3 heteroatoms. The Morgan fingerprint density at radius 1 is 0.476 bits per heavy atom. The van der Waals surface area contributed by atoms with Gasteiger partial charge in [0.05, 0.1) is 0 Å². The lowest BCUT2D eigenvalue weighted by Gasteiger charge is -1.94. The third-order valence-corrected chi connectivity index (χ3v) is 4.40. The van der Waals surface area contributed by atoms with E-state index in [0.29, 0.717) is 0 Å². The second-order valence-electron chi connectivity index (χ2n) is 6.93. The molecule has 4 aromatic carbocycles. The van der Waals surface area contributed by atoms with E-state index in [0.717, 1.165) is 28.5 Å². The minimum atomic E-state index is 0. The van der Waals surface area contributed by atoms with Gasteiger partial charge in [-0.15, -0.1) is 0 Å². The van der Waals surface area contributed by atoms with Gasteiger partial charge in [0.25, 0.3) is 0 Å². The number of carbonyl (C=O) groups is 3. The molecule has 3 nitrogen and oxygen atoms in total. The number of aldehydes is 1. The van der Waals surface area contributed by atoms with Gasteiger partial charge in [-0.25, -0.2) is 0 Å². The molecule has 0 N–H and O–H groups in total. The quantitative estimate of drug-likeness (QED) is 0.136. The Balaban J connectivity index is -0.000000240. The summed E-state index contributed by atoms with van der Waals surface area (Å²) in [5.74, 6) is 0.153. The molecule has 0 unspecified atom stereocenters. The Bertz CT molecular complexity index is 1140. The maximum absolute atomic E-state index is 11.7. The number of rotatable bonds is 5. The summed E-state index contributed by atoms with van der Waals surface area (Å²) in [6, 6.07) is 37.4. The number of benzene rings is 4. The number of ketones is 2. The number of carbonyl (C=O) groups excluding carboxylic acids is 3. The van der Waals surface area contributed by atoms with Crippen molar-refractivity contribution in [1.82, 2.24) is 0 Å². The third kappa shape index (κ3) is 23.5. The van der Waals surface area contributed by atoms with Crippen LogP contribution in [0.4, 0.5) is 0 Å². The Kier molecular flexibility index (Phi) is 36.8. The summed E-state index contributed by atoms with van der Waals surface area (Å²) in [7, 11) is 0. The van der Waals surface area contributed by atoms with Gasteiger partial charge in [-0.2, -0.15) is 0 Å². The van der Waals surface area contributed by atoms with Crippen LogP contribution in [-0.2, 0) is 0 Å². The highest BCUT2D eigenvalue weighted by Crippen LogP contribution is 2.05. The smallest absolute Gasteiger partial charge is 0.185 e. The molecule has 0 aliphatic rings. The van der Waals surface area contributed by atoms with Crippen LogP contribution in [-0.4, -0.2) is 17.9 Å². The predicted molar refractivity (Wildman–Crippen MR) is 187 cm³/mol. The third-order valence-electron chi connectivity index (χ3n) is 4.40. The molecule has 0 radical (unpaired) electrons. The maximum atomic E-state index is 11.7. The van der Waals surface area contributed by atoms with E-state index in [1.807, 2.05) is 171 Å². The first kappa shape index (κ1) is 44.6. The van der Waals surface area contributed by atoms with E-state index in [9.17, 15) is 14.4 Å². The fraction of sp³-hybridized carbons (Fsp3) is 0.256. The summed E-state index contributed by atoms with van der Waals surface area (Å²) in [5.41, 5.74) is 3.26. The first-order valence-electron chi connectivity index (χ1n) is 14.5. The Morgan fingerprint density at radius 2 is 0.786 bits per heavy atom. The minimum Gasteiger partial charge on any atom is -0.298 e. The highest BCUT2D eigenvalue weighted by molar-refractivity contribution is 6.06. The summed E-state index contributed by atoms with van der Waals surface area (Å²) in [6.45, 7) is 17.6. The molecule has 42 heavy (non-hydrogen) atoms. The largest absolute Gasteiger partial charge is 0.298 e. The zero-order chi connectivity index (χ0) is 31.7. The molecule has 0 atom stereocenters. The van der Waals surface area contributed by atoms with Gasteiger partial charge in [0.1, 0.15) is 6.29 Å². The molecule has 0 aliphatic carbocycles. The first-order chi connectivity index (χ1) is 20.1. The molecule has 0 fully saturated rings. The van der Waals surface area contributed by atoms with Crippen LogP contribution >= 0.6 is 0 Å². The molecule has 4 rings (SSSR count). The van der Waals surface area contributed by atoms with Crippen molar-refractivity contribution in [1.29, 1.82) is 0 Å². The van der Waals surface area contributed by atoms with Crippen LogP contribution in [0.25, 0.3) is 6.08 Å². The van der Waals surface area contributed by atoms with Crippen molar-refractivity contribution in [3.05, 3.63) is 150 Å². The summed E-state index contributed by atoms with van der Waals surface area (Å²) in [6.07, 6.45) is 4.26. The molecular formula is C39H54O3. The first-order valence-corrected chi connectivity index (χ1v) is 14.5. The van der Waals surface area contributed by atoms with Crippen LogP contribution in [0, 0.1) is 0 Å². The van der Waals surface area contributed by atoms with Gasteiger partial charge >= 0.3 is 0 Å². The molecule has 0 bridgehead atoms. The average molecular weight is 571 g/mol. The normalized spacial score (nSPS) is 8.12. The number of allylic oxidation sites excluding steroid dienone is 1. The lowest BCUT2D eigenvalue weighted by molar-refractivity contribution is 0.101. The van der Waals surface area contributed by atoms with Crippen molar-refractivity contribution in [2.75, 3.05) is 0 Å². The standard InChI is InChI=1S/C15H12O.C8H8O.C7H6O.4C2H6.CH4/c16-15(14-9-5-2-6-10-14)12-11-13-7-3-1-4-8-13;1-7(9)8-5-3-2-4-6-8;8-6-7-4-2-1-3-5-7;4*1-2;/h1-12H;2-6H,1H3;1-6H;4*1-2H3;1H4/b12-11+;;;;;;;. The van der Waals surface area contributed by atoms with Gasteiger partial charge in [0, 0.05) is 16.7 Å². The molecule has 0 amide bonds. The van der Waals surface area contributed by atoms with Crippen molar-refractivity contribution >= 4 is 23.9 Å². The second-order valence-corrected chi connectivity index (χ2v) is 6.93. The zero-order valence-electron chi connectivity index (χ0n) is 26.5. The fourth-order valence-electron chi connectivity index (χ4n) is 2.64. The van der Waals surface area contributed by atoms with Gasteiger partial charge in [-0.1, -0.05) is 190 Å². The van der Waals surface area contributed by atoms with Crippen molar-refractivity contribution in [2.24, 2.45) is 0 Å². The van der Waals surface area contributed by atoms with Gasteiger partial charge in [0.15, 0.2) is 11.6 Å². The molecule has 0 spiro atoms. The summed E-state index contributed by atoms with van der Waals surface area (Å²) >= 11 is 0. The Morgan fingerprint density at radius 3 is 1.07 bits per heavy atom. The minimum absolute atomic E-state index is 0. The Labute approximate surface area is 257 Å². The van der Waals surface area contributed by atoms with Crippen molar-refractivity contribution in [2.45, 2.75) is 69.7 Å². The lowest BCUT2D eigenvalue weighted by atomic mass is 10.1. The van der Waals surface area contributed by atoms with Gasteiger partial charge < -0.3 is 0 Å². The zero-order valence-corrected chi connectivity index (χ0v) is 26.5. The van der Waals surface area contributed by atoms with E-state index in [4.69, 9.17) is 0 Å². The highest BCUT2D eigenvalue weighted by Gasteiger charge is 1.98. The van der Waals surface area contributed by atoms with E-state index in [1.165, 1.54) is 0 Å². The summed E-state index contributed by atoms with van der Waals surface area (Å²) in [4.78, 5) is 32.4. The molecule has 0 heterocycles. The molecular weight excluding hydrogens is 516 g/mol. The molecule has 0 saturated carbocycles. The second kappa shape index (κ2) is 34.7. The average Bonchev–Trinajstić information content (AvgIpc) is 3.09. The monoisotopic (exact) mass is 570 g/mol. The molecule has 4 aromatic rings. The van der Waals surface area contributed by atoms with Crippen LogP contribution in [0.5, 0.6) is 0 Å². The fourth-order valence-corrected chi connectivity index (χ4v) is 2.64. The van der Waals surface area contributed by atoms with Crippen molar-refractivity contribution in [3.8, 4) is 0 Å². The lowest BCUT2D eigenvalue weighted by Crippen LogP contribution is -1.92. The maximum Gasteiger partial charge on any atom is 0.185 e. The van der Waals surface area contributed by atoms with Crippen LogP contribution in [0.3, 0.4) is 0 Å². The van der Waals surface area contributed by atoms with Crippen molar-refractivity contribution in [3.63, 3.8) is 0 Å². The van der Waals surface area contributed by atoms with Crippen LogP contribution < -0.4 is 0 Å². The Hall–Kier alpha value is -4.37. The molecule has 0 saturated heterocycles.